The van der Waals surface area contributed by atoms with Gasteiger partial charge in [0.05, 0.1) is 12.1 Å². The summed E-state index contributed by atoms with van der Waals surface area (Å²) >= 11 is 0. The van der Waals surface area contributed by atoms with E-state index in [1.165, 1.54) is 11.1 Å². The van der Waals surface area contributed by atoms with Crippen LogP contribution in [-0.4, -0.2) is 48.1 Å². The van der Waals surface area contributed by atoms with Crippen LogP contribution < -0.4 is 16.0 Å². The lowest BCUT2D eigenvalue weighted by Crippen LogP contribution is -2.55. The van der Waals surface area contributed by atoms with E-state index in [-0.39, 0.29) is 24.0 Å². The predicted octanol–water partition coefficient (Wildman–Crippen LogP) is 2.20. The molecule has 172 valence electrons. The molecule has 33 heavy (non-hydrogen) atoms. The Labute approximate surface area is 193 Å². The number of aromatic amines is 1. The van der Waals surface area contributed by atoms with Crippen molar-refractivity contribution in [1.29, 1.82) is 0 Å². The van der Waals surface area contributed by atoms with Crippen LogP contribution in [0.1, 0.15) is 29.5 Å². The summed E-state index contributed by atoms with van der Waals surface area (Å²) < 4.78 is 5.64. The maximum atomic E-state index is 13.2. The third kappa shape index (κ3) is 4.94. The molecule has 2 aliphatic rings. The van der Waals surface area contributed by atoms with Crippen molar-refractivity contribution in [3.8, 4) is 0 Å². The minimum atomic E-state index is -0.669. The van der Waals surface area contributed by atoms with Gasteiger partial charge in [0.25, 0.3) is 0 Å². The largest absolute Gasteiger partial charge is 0.376 e. The van der Waals surface area contributed by atoms with Gasteiger partial charge in [0.15, 0.2) is 0 Å². The van der Waals surface area contributed by atoms with Crippen LogP contribution in [0.15, 0.2) is 54.7 Å². The first-order chi connectivity index (χ1) is 16.2. The number of nitrogens with one attached hydrogen (secondary N) is 4. The molecule has 0 bridgehead atoms. The summed E-state index contributed by atoms with van der Waals surface area (Å²) in [6.07, 6.45) is 4.97. The highest BCUT2D eigenvalue weighted by Gasteiger charge is 2.29. The van der Waals surface area contributed by atoms with E-state index >= 15 is 0 Å². The van der Waals surface area contributed by atoms with E-state index in [0.717, 1.165) is 35.9 Å². The molecule has 1 aromatic heterocycles. The van der Waals surface area contributed by atoms with Crippen molar-refractivity contribution in [2.45, 2.75) is 50.4 Å². The quantitative estimate of drug-likeness (QED) is 0.448. The van der Waals surface area contributed by atoms with Gasteiger partial charge in [0, 0.05) is 43.2 Å². The third-order valence-corrected chi connectivity index (χ3v) is 6.66. The van der Waals surface area contributed by atoms with E-state index in [4.69, 9.17) is 4.74 Å². The molecule has 3 aromatic rings. The summed E-state index contributed by atoms with van der Waals surface area (Å²) in [4.78, 5) is 29.6. The third-order valence-electron chi connectivity index (χ3n) is 6.66. The Morgan fingerprint density at radius 3 is 2.76 bits per heavy atom. The van der Waals surface area contributed by atoms with Crippen molar-refractivity contribution in [2.24, 2.45) is 0 Å². The van der Waals surface area contributed by atoms with Gasteiger partial charge in [0.1, 0.15) is 6.04 Å². The van der Waals surface area contributed by atoms with Crippen molar-refractivity contribution in [1.82, 2.24) is 20.9 Å². The van der Waals surface area contributed by atoms with Crippen molar-refractivity contribution in [2.75, 3.05) is 13.2 Å². The number of amides is 2. The Hall–Kier alpha value is -3.16. The van der Waals surface area contributed by atoms with Crippen LogP contribution in [0, 0.1) is 0 Å². The number of benzene rings is 2. The first-order valence-electron chi connectivity index (χ1n) is 11.7. The number of carbonyl (C=O) groups is 2. The zero-order chi connectivity index (χ0) is 22.6. The molecule has 2 aliphatic heterocycles. The normalized spacial score (nSPS) is 20.8. The Balaban J connectivity index is 1.30. The minimum Gasteiger partial charge on any atom is -0.376 e. The number of hydrogen-bond acceptors (Lipinski definition) is 4. The Morgan fingerprint density at radius 2 is 1.91 bits per heavy atom. The number of ether oxygens (including phenoxy) is 1. The van der Waals surface area contributed by atoms with Gasteiger partial charge in [-0.05, 0) is 42.0 Å². The predicted molar refractivity (Wildman–Crippen MR) is 127 cm³/mol. The van der Waals surface area contributed by atoms with Crippen LogP contribution in [0.2, 0.25) is 0 Å². The van der Waals surface area contributed by atoms with E-state index in [0.29, 0.717) is 25.9 Å². The summed E-state index contributed by atoms with van der Waals surface area (Å²) in [6.45, 7) is 1.85. The minimum absolute atomic E-state index is 0.0508. The highest BCUT2D eigenvalue weighted by molar-refractivity contribution is 5.91. The Kier molecular flexibility index (Phi) is 6.41. The van der Waals surface area contributed by atoms with E-state index in [1.807, 2.05) is 42.6 Å². The molecule has 0 saturated carbocycles. The number of aromatic nitrogens is 1. The highest BCUT2D eigenvalue weighted by atomic mass is 16.5. The van der Waals surface area contributed by atoms with Gasteiger partial charge in [-0.25, -0.2) is 0 Å². The fourth-order valence-corrected chi connectivity index (χ4v) is 4.78. The lowest BCUT2D eigenvalue weighted by atomic mass is 9.95. The van der Waals surface area contributed by atoms with Gasteiger partial charge >= 0.3 is 0 Å². The molecule has 3 heterocycles. The smallest absolute Gasteiger partial charge is 0.243 e. The van der Waals surface area contributed by atoms with Gasteiger partial charge < -0.3 is 25.7 Å². The monoisotopic (exact) mass is 446 g/mol. The molecule has 0 spiro atoms. The second-order valence-corrected chi connectivity index (χ2v) is 8.91. The Morgan fingerprint density at radius 1 is 1.09 bits per heavy atom. The van der Waals surface area contributed by atoms with Crippen LogP contribution in [-0.2, 0) is 33.7 Å². The number of carbonyl (C=O) groups excluding carboxylic acids is 2. The average molecular weight is 447 g/mol. The van der Waals surface area contributed by atoms with Crippen LogP contribution in [0.25, 0.3) is 10.9 Å². The molecule has 2 aromatic carbocycles. The summed E-state index contributed by atoms with van der Waals surface area (Å²) in [5.74, 6) is -0.332. The van der Waals surface area contributed by atoms with Gasteiger partial charge in [-0.3, -0.25) is 9.59 Å². The molecule has 1 unspecified atom stereocenters. The van der Waals surface area contributed by atoms with Crippen molar-refractivity contribution in [3.63, 3.8) is 0 Å². The fourth-order valence-electron chi connectivity index (χ4n) is 4.78. The molecule has 7 heteroatoms. The fraction of sp³-hybridized carbons (Fsp3) is 0.385. The van der Waals surface area contributed by atoms with Gasteiger partial charge in [-0.1, -0.05) is 42.5 Å². The first kappa shape index (κ1) is 21.7. The number of para-hydroxylation sites is 1. The molecular formula is C26H30N4O3. The Bertz CT molecular complexity index is 1140. The van der Waals surface area contributed by atoms with Crippen LogP contribution in [0.3, 0.4) is 0 Å². The van der Waals surface area contributed by atoms with Gasteiger partial charge in [-0.2, -0.15) is 0 Å². The van der Waals surface area contributed by atoms with Gasteiger partial charge in [-0.15, -0.1) is 0 Å². The van der Waals surface area contributed by atoms with Crippen LogP contribution in [0.5, 0.6) is 0 Å². The molecule has 0 aliphatic carbocycles. The zero-order valence-corrected chi connectivity index (χ0v) is 18.6. The molecule has 4 N–H and O–H groups in total. The summed E-state index contributed by atoms with van der Waals surface area (Å²) in [5, 5.41) is 10.4. The summed E-state index contributed by atoms with van der Waals surface area (Å²) in [5.41, 5.74) is 4.41. The maximum absolute atomic E-state index is 13.2. The second kappa shape index (κ2) is 9.77. The van der Waals surface area contributed by atoms with E-state index in [9.17, 15) is 9.59 Å². The van der Waals surface area contributed by atoms with Crippen molar-refractivity contribution in [3.05, 3.63) is 71.4 Å². The van der Waals surface area contributed by atoms with E-state index < -0.39 is 6.04 Å². The maximum Gasteiger partial charge on any atom is 0.243 e. The van der Waals surface area contributed by atoms with E-state index in [2.05, 4.69) is 33.1 Å². The van der Waals surface area contributed by atoms with Crippen molar-refractivity contribution < 1.29 is 14.3 Å². The van der Waals surface area contributed by atoms with Gasteiger partial charge in [0.2, 0.25) is 11.8 Å². The van der Waals surface area contributed by atoms with Crippen molar-refractivity contribution >= 4 is 22.7 Å². The summed E-state index contributed by atoms with van der Waals surface area (Å²) in [6, 6.07) is 15.1. The number of hydrogen-bond donors (Lipinski definition) is 4. The number of H-pyrrole nitrogens is 1. The molecule has 3 atom stereocenters. The highest BCUT2D eigenvalue weighted by Crippen LogP contribution is 2.20. The molecule has 0 radical (unpaired) electrons. The first-order valence-corrected chi connectivity index (χ1v) is 11.7. The molecule has 7 nitrogen and oxygen atoms in total. The number of fused-ring (bicyclic) bond motifs is 2. The number of rotatable bonds is 7. The molecule has 1 saturated heterocycles. The van der Waals surface area contributed by atoms with Crippen LogP contribution >= 0.6 is 0 Å². The van der Waals surface area contributed by atoms with E-state index in [1.54, 1.807) is 0 Å². The SMILES string of the molecule is O=C(N[C@@H](Cc1c[nH]c2ccccc12)C(=O)NCC1CCCO1)[C@@H]1Cc2ccccc2CN1. The standard InChI is InChI=1S/C26H30N4O3/c31-25(29-16-20-8-5-11-33-20)24(13-19-15-27-22-10-4-3-9-21(19)22)30-26(32)23-12-17-6-1-2-7-18(17)14-28-23/h1-4,6-7,9-10,15,20,23-24,27-28H,5,8,11-14,16H2,(H,29,31)(H,30,32)/t20?,23-,24-/m0/s1. The zero-order valence-electron chi connectivity index (χ0n) is 18.6. The topological polar surface area (TPSA) is 95.2 Å². The van der Waals surface area contributed by atoms with Crippen LogP contribution in [0.4, 0.5) is 0 Å². The second-order valence-electron chi connectivity index (χ2n) is 8.91. The molecule has 2 amide bonds. The average Bonchev–Trinajstić information content (AvgIpc) is 3.52. The molecule has 1 fully saturated rings. The lowest BCUT2D eigenvalue weighted by molar-refractivity contribution is -0.130. The lowest BCUT2D eigenvalue weighted by Gasteiger charge is -2.27. The molecule has 5 rings (SSSR count). The summed E-state index contributed by atoms with van der Waals surface area (Å²) in [7, 11) is 0. The molecular weight excluding hydrogens is 416 g/mol.